The standard InChI is InChI=1S/C18H18F2N2O5S/c1-11(27-18(24)16-14(19)8-5-9-15(16)20)17(23)21-12-6-4-7-13(10-12)28(25,26)22(2)3/h4-11H,1-3H3,(H,21,23)/t11-/m0/s1. The van der Waals surface area contributed by atoms with Crippen LogP contribution in [0.25, 0.3) is 0 Å². The van der Waals surface area contributed by atoms with Gasteiger partial charge in [-0.15, -0.1) is 0 Å². The molecule has 0 aromatic heterocycles. The maximum absolute atomic E-state index is 13.6. The fourth-order valence-corrected chi connectivity index (χ4v) is 3.10. The lowest BCUT2D eigenvalue weighted by Gasteiger charge is -2.15. The molecule has 0 aliphatic carbocycles. The first-order valence-electron chi connectivity index (χ1n) is 8.02. The Morgan fingerprint density at radius 2 is 1.64 bits per heavy atom. The summed E-state index contributed by atoms with van der Waals surface area (Å²) in [7, 11) is -0.977. The molecule has 0 bridgehead atoms. The van der Waals surface area contributed by atoms with E-state index >= 15 is 0 Å². The highest BCUT2D eigenvalue weighted by atomic mass is 32.2. The maximum Gasteiger partial charge on any atom is 0.344 e. The van der Waals surface area contributed by atoms with Gasteiger partial charge in [-0.05, 0) is 37.3 Å². The number of sulfonamides is 1. The molecule has 0 aliphatic heterocycles. The number of nitrogens with zero attached hydrogens (tertiary/aromatic N) is 1. The molecule has 150 valence electrons. The summed E-state index contributed by atoms with van der Waals surface area (Å²) in [6, 6.07) is 8.33. The van der Waals surface area contributed by atoms with Gasteiger partial charge >= 0.3 is 5.97 Å². The number of nitrogens with one attached hydrogen (secondary N) is 1. The predicted molar refractivity (Wildman–Crippen MR) is 97.2 cm³/mol. The molecule has 0 aliphatic rings. The molecule has 0 fully saturated rings. The Balaban J connectivity index is 2.12. The van der Waals surface area contributed by atoms with Crippen molar-refractivity contribution in [2.75, 3.05) is 19.4 Å². The van der Waals surface area contributed by atoms with Crippen LogP contribution in [0.5, 0.6) is 0 Å². The minimum atomic E-state index is -3.71. The quantitative estimate of drug-likeness (QED) is 0.736. The van der Waals surface area contributed by atoms with Crippen LogP contribution in [-0.4, -0.2) is 44.8 Å². The third kappa shape index (κ3) is 4.70. The molecule has 0 saturated carbocycles. The first-order valence-corrected chi connectivity index (χ1v) is 9.46. The molecule has 0 radical (unpaired) electrons. The summed E-state index contributed by atoms with van der Waals surface area (Å²) in [4.78, 5) is 24.1. The zero-order valence-corrected chi connectivity index (χ0v) is 16.1. The maximum atomic E-state index is 13.6. The Morgan fingerprint density at radius 3 is 2.21 bits per heavy atom. The fourth-order valence-electron chi connectivity index (χ4n) is 2.15. The van der Waals surface area contributed by atoms with Gasteiger partial charge in [0.2, 0.25) is 10.0 Å². The van der Waals surface area contributed by atoms with Crippen molar-refractivity contribution < 1.29 is 31.5 Å². The van der Waals surface area contributed by atoms with E-state index in [2.05, 4.69) is 5.32 Å². The van der Waals surface area contributed by atoms with Crippen molar-refractivity contribution in [3.05, 3.63) is 59.7 Å². The van der Waals surface area contributed by atoms with E-state index < -0.39 is 45.2 Å². The van der Waals surface area contributed by atoms with Gasteiger partial charge in [-0.25, -0.2) is 26.3 Å². The van der Waals surface area contributed by atoms with Crippen molar-refractivity contribution in [3.63, 3.8) is 0 Å². The topological polar surface area (TPSA) is 92.8 Å². The number of benzene rings is 2. The van der Waals surface area contributed by atoms with Gasteiger partial charge in [0.1, 0.15) is 17.2 Å². The summed E-state index contributed by atoms with van der Waals surface area (Å²) < 4.78 is 57.3. The number of anilines is 1. The summed E-state index contributed by atoms with van der Waals surface area (Å²) in [5.41, 5.74) is -0.755. The number of carbonyl (C=O) groups excluding carboxylic acids is 2. The molecule has 2 aromatic carbocycles. The first-order chi connectivity index (χ1) is 13.0. The van der Waals surface area contributed by atoms with E-state index in [-0.39, 0.29) is 10.6 Å². The van der Waals surface area contributed by atoms with Gasteiger partial charge in [0.25, 0.3) is 5.91 Å². The van der Waals surface area contributed by atoms with Crippen LogP contribution in [0.1, 0.15) is 17.3 Å². The van der Waals surface area contributed by atoms with Gasteiger partial charge in [-0.1, -0.05) is 12.1 Å². The SMILES string of the molecule is C[C@H](OC(=O)c1c(F)cccc1F)C(=O)Nc1cccc(S(=O)(=O)N(C)C)c1. The van der Waals surface area contributed by atoms with Crippen molar-refractivity contribution in [2.24, 2.45) is 0 Å². The van der Waals surface area contributed by atoms with E-state index in [0.717, 1.165) is 22.5 Å². The Labute approximate surface area is 161 Å². The number of rotatable bonds is 6. The zero-order chi connectivity index (χ0) is 21.1. The number of ether oxygens (including phenoxy) is 1. The van der Waals surface area contributed by atoms with E-state index in [1.54, 1.807) is 0 Å². The predicted octanol–water partition coefficient (Wildman–Crippen LogP) is 2.40. The fraction of sp³-hybridized carbons (Fsp3) is 0.222. The Morgan fingerprint density at radius 1 is 1.07 bits per heavy atom. The molecule has 1 N–H and O–H groups in total. The Bertz CT molecular complexity index is 989. The number of hydrogen-bond donors (Lipinski definition) is 1. The average Bonchev–Trinajstić information content (AvgIpc) is 2.61. The summed E-state index contributed by atoms with van der Waals surface area (Å²) in [5.74, 6) is -4.36. The molecule has 2 rings (SSSR count). The summed E-state index contributed by atoms with van der Waals surface area (Å²) in [5, 5.41) is 2.39. The van der Waals surface area contributed by atoms with E-state index in [9.17, 15) is 26.8 Å². The van der Waals surface area contributed by atoms with E-state index in [4.69, 9.17) is 4.74 Å². The third-order valence-corrected chi connectivity index (χ3v) is 5.51. The van der Waals surface area contributed by atoms with Crippen LogP contribution in [0, 0.1) is 11.6 Å². The van der Waals surface area contributed by atoms with Crippen LogP contribution in [0.3, 0.4) is 0 Å². The normalized spacial score (nSPS) is 12.5. The molecule has 0 saturated heterocycles. The van der Waals surface area contributed by atoms with E-state index in [0.29, 0.717) is 0 Å². The second-order valence-corrected chi connectivity index (χ2v) is 8.10. The zero-order valence-electron chi connectivity index (χ0n) is 15.3. The van der Waals surface area contributed by atoms with Crippen LogP contribution < -0.4 is 5.32 Å². The van der Waals surface area contributed by atoms with Crippen molar-refractivity contribution in [1.82, 2.24) is 4.31 Å². The molecule has 0 heterocycles. The van der Waals surface area contributed by atoms with Gasteiger partial charge in [0.15, 0.2) is 6.10 Å². The number of esters is 1. The van der Waals surface area contributed by atoms with Gasteiger partial charge in [-0.3, -0.25) is 4.79 Å². The van der Waals surface area contributed by atoms with Crippen molar-refractivity contribution in [2.45, 2.75) is 17.9 Å². The number of halogens is 2. The Kier molecular flexibility index (Phi) is 6.47. The number of hydrogen-bond acceptors (Lipinski definition) is 5. The highest BCUT2D eigenvalue weighted by Crippen LogP contribution is 2.19. The van der Waals surface area contributed by atoms with Crippen molar-refractivity contribution in [1.29, 1.82) is 0 Å². The molecule has 28 heavy (non-hydrogen) atoms. The van der Waals surface area contributed by atoms with Crippen LogP contribution in [-0.2, 0) is 19.6 Å². The second-order valence-electron chi connectivity index (χ2n) is 5.95. The molecule has 1 amide bonds. The van der Waals surface area contributed by atoms with Gasteiger partial charge in [-0.2, -0.15) is 0 Å². The first kappa shape index (κ1) is 21.5. The molecule has 2 aromatic rings. The largest absolute Gasteiger partial charge is 0.449 e. The van der Waals surface area contributed by atoms with E-state index in [1.807, 2.05) is 0 Å². The van der Waals surface area contributed by atoms with Gasteiger partial charge in [0.05, 0.1) is 4.90 Å². The van der Waals surface area contributed by atoms with E-state index in [1.165, 1.54) is 45.3 Å². The monoisotopic (exact) mass is 412 g/mol. The number of amides is 1. The third-order valence-electron chi connectivity index (χ3n) is 3.70. The number of carbonyl (C=O) groups is 2. The Hall–Kier alpha value is -2.85. The summed E-state index contributed by atoms with van der Waals surface area (Å²) >= 11 is 0. The lowest BCUT2D eigenvalue weighted by molar-refractivity contribution is -0.123. The molecule has 7 nitrogen and oxygen atoms in total. The van der Waals surface area contributed by atoms with Crippen LogP contribution in [0.4, 0.5) is 14.5 Å². The summed E-state index contributed by atoms with van der Waals surface area (Å²) in [6.45, 7) is 1.21. The van der Waals surface area contributed by atoms with Crippen LogP contribution >= 0.6 is 0 Å². The molecule has 0 unspecified atom stereocenters. The van der Waals surface area contributed by atoms with Gasteiger partial charge < -0.3 is 10.1 Å². The second kappa shape index (κ2) is 8.44. The molecule has 1 atom stereocenters. The summed E-state index contributed by atoms with van der Waals surface area (Å²) in [6.07, 6.45) is -1.39. The van der Waals surface area contributed by atoms with Gasteiger partial charge in [0, 0.05) is 19.8 Å². The molecule has 10 heteroatoms. The van der Waals surface area contributed by atoms with Crippen LogP contribution in [0.2, 0.25) is 0 Å². The highest BCUT2D eigenvalue weighted by Gasteiger charge is 2.24. The lowest BCUT2D eigenvalue weighted by atomic mass is 10.2. The molecule has 0 spiro atoms. The molecular formula is C18H18F2N2O5S. The minimum Gasteiger partial charge on any atom is -0.449 e. The minimum absolute atomic E-state index is 0.0478. The smallest absolute Gasteiger partial charge is 0.344 e. The highest BCUT2D eigenvalue weighted by molar-refractivity contribution is 7.89. The molecular weight excluding hydrogens is 394 g/mol. The average molecular weight is 412 g/mol. The lowest BCUT2D eigenvalue weighted by Crippen LogP contribution is -2.30. The van der Waals surface area contributed by atoms with Crippen molar-refractivity contribution in [3.8, 4) is 0 Å². The van der Waals surface area contributed by atoms with Crippen molar-refractivity contribution >= 4 is 27.6 Å². The van der Waals surface area contributed by atoms with Crippen LogP contribution in [0.15, 0.2) is 47.4 Å².